The van der Waals surface area contributed by atoms with Crippen molar-refractivity contribution >= 4 is 11.3 Å². The van der Waals surface area contributed by atoms with Crippen LogP contribution in [0.15, 0.2) is 22.2 Å². The Hall–Kier alpha value is -1.24. The first kappa shape index (κ1) is 11.3. The van der Waals surface area contributed by atoms with E-state index in [-0.39, 0.29) is 0 Å². The first-order valence-electron chi connectivity index (χ1n) is 4.95. The van der Waals surface area contributed by atoms with E-state index in [1.54, 1.807) is 13.3 Å². The molecular weight excluding hydrogens is 226 g/mol. The Morgan fingerprint density at radius 2 is 2.50 bits per heavy atom. The number of hydrogen-bond acceptors (Lipinski definition) is 6. The zero-order valence-electron chi connectivity index (χ0n) is 8.97. The minimum absolute atomic E-state index is 0.679. The van der Waals surface area contributed by atoms with Gasteiger partial charge in [-0.2, -0.15) is 0 Å². The first-order valence-corrected chi connectivity index (χ1v) is 5.83. The van der Waals surface area contributed by atoms with E-state index in [0.717, 1.165) is 23.0 Å². The molecule has 2 rings (SSSR count). The third-order valence-corrected chi connectivity index (χ3v) is 2.78. The van der Waals surface area contributed by atoms with Gasteiger partial charge in [-0.3, -0.25) is 0 Å². The van der Waals surface area contributed by atoms with Crippen LogP contribution in [0.1, 0.15) is 5.69 Å². The Bertz CT molecular complexity index is 413. The average Bonchev–Trinajstić information content (AvgIpc) is 2.94. The molecule has 0 bridgehead atoms. The van der Waals surface area contributed by atoms with Gasteiger partial charge in [0.1, 0.15) is 0 Å². The van der Waals surface area contributed by atoms with E-state index >= 15 is 0 Å². The monoisotopic (exact) mass is 239 g/mol. The summed E-state index contributed by atoms with van der Waals surface area (Å²) >= 11 is 1.54. The van der Waals surface area contributed by atoms with Crippen LogP contribution in [0.2, 0.25) is 0 Å². The van der Waals surface area contributed by atoms with Crippen LogP contribution in [0.3, 0.4) is 0 Å². The van der Waals surface area contributed by atoms with Crippen molar-refractivity contribution in [3.8, 4) is 10.8 Å². The Morgan fingerprint density at radius 1 is 1.56 bits per heavy atom. The second-order valence-corrected chi connectivity index (χ2v) is 4.08. The van der Waals surface area contributed by atoms with E-state index in [2.05, 4.69) is 15.5 Å². The molecule has 1 N–H and O–H groups in total. The highest BCUT2D eigenvalue weighted by Gasteiger charge is 2.08. The molecule has 0 aliphatic heterocycles. The number of nitrogens with one attached hydrogen (secondary N) is 1. The fraction of sp³-hybridized carbons (Fsp3) is 0.400. The highest BCUT2D eigenvalue weighted by Crippen LogP contribution is 2.21. The highest BCUT2D eigenvalue weighted by atomic mass is 32.1. The quantitative estimate of drug-likeness (QED) is 0.775. The molecule has 0 aromatic carbocycles. The number of rotatable bonds is 6. The number of nitrogens with zero attached hydrogens (tertiary/aromatic N) is 2. The number of aromatic nitrogens is 2. The molecule has 16 heavy (non-hydrogen) atoms. The summed E-state index contributed by atoms with van der Waals surface area (Å²) in [6, 6.07) is 1.90. The predicted molar refractivity (Wildman–Crippen MR) is 61.2 cm³/mol. The Labute approximate surface area is 97.4 Å². The molecule has 0 aliphatic carbocycles. The minimum Gasteiger partial charge on any atom is -0.383 e. The number of thiazole rings is 1. The van der Waals surface area contributed by atoms with Crippen LogP contribution in [-0.4, -0.2) is 30.4 Å². The third kappa shape index (κ3) is 2.88. The number of methoxy groups -OCH3 is 1. The molecule has 6 heteroatoms. The summed E-state index contributed by atoms with van der Waals surface area (Å²) < 4.78 is 10.1. The standard InChI is InChI=1S/C10H13N3O2S/c1-14-4-2-11-7-8-6-9(15-13-8)10-12-3-5-16-10/h3,5-6,11H,2,4,7H2,1H3. The molecule has 0 saturated carbocycles. The van der Waals surface area contributed by atoms with Gasteiger partial charge in [0.05, 0.1) is 12.3 Å². The van der Waals surface area contributed by atoms with Gasteiger partial charge in [-0.15, -0.1) is 11.3 Å². The zero-order valence-corrected chi connectivity index (χ0v) is 9.79. The van der Waals surface area contributed by atoms with E-state index in [1.165, 1.54) is 11.3 Å². The summed E-state index contributed by atoms with van der Waals surface area (Å²) in [5.41, 5.74) is 0.876. The van der Waals surface area contributed by atoms with Crippen LogP contribution in [0.4, 0.5) is 0 Å². The lowest BCUT2D eigenvalue weighted by Crippen LogP contribution is -2.18. The van der Waals surface area contributed by atoms with Crippen molar-refractivity contribution in [1.29, 1.82) is 0 Å². The lowest BCUT2D eigenvalue weighted by Gasteiger charge is -1.99. The maximum atomic E-state index is 5.19. The summed E-state index contributed by atoms with van der Waals surface area (Å²) in [4.78, 5) is 4.15. The normalized spacial score (nSPS) is 10.8. The van der Waals surface area contributed by atoms with Crippen molar-refractivity contribution in [2.24, 2.45) is 0 Å². The largest absolute Gasteiger partial charge is 0.383 e. The van der Waals surface area contributed by atoms with Crippen LogP contribution in [0.25, 0.3) is 10.8 Å². The van der Waals surface area contributed by atoms with E-state index in [9.17, 15) is 0 Å². The Kier molecular flexibility index (Phi) is 4.03. The van der Waals surface area contributed by atoms with Crippen molar-refractivity contribution in [3.05, 3.63) is 23.3 Å². The van der Waals surface area contributed by atoms with Crippen LogP contribution >= 0.6 is 11.3 Å². The number of hydrogen-bond donors (Lipinski definition) is 1. The van der Waals surface area contributed by atoms with E-state index < -0.39 is 0 Å². The van der Waals surface area contributed by atoms with Gasteiger partial charge in [0.25, 0.3) is 0 Å². The summed E-state index contributed by atoms with van der Waals surface area (Å²) in [6.45, 7) is 2.17. The highest BCUT2D eigenvalue weighted by molar-refractivity contribution is 7.13. The van der Waals surface area contributed by atoms with Crippen molar-refractivity contribution in [2.45, 2.75) is 6.54 Å². The molecular formula is C10H13N3O2S. The van der Waals surface area contributed by atoms with Crippen molar-refractivity contribution in [1.82, 2.24) is 15.5 Å². The van der Waals surface area contributed by atoms with Crippen molar-refractivity contribution in [2.75, 3.05) is 20.3 Å². The molecule has 2 aromatic heterocycles. The summed E-state index contributed by atoms with van der Waals surface area (Å²) in [5.74, 6) is 0.721. The molecule has 86 valence electrons. The van der Waals surface area contributed by atoms with Gasteiger partial charge >= 0.3 is 0 Å². The lowest BCUT2D eigenvalue weighted by atomic mass is 10.3. The fourth-order valence-corrected chi connectivity index (χ4v) is 1.82. The van der Waals surface area contributed by atoms with Crippen molar-refractivity contribution < 1.29 is 9.26 Å². The van der Waals surface area contributed by atoms with Gasteiger partial charge in [-0.25, -0.2) is 4.98 Å². The molecule has 0 spiro atoms. The predicted octanol–water partition coefficient (Wildman–Crippen LogP) is 1.53. The van der Waals surface area contributed by atoms with Gasteiger partial charge in [0, 0.05) is 37.8 Å². The molecule has 0 fully saturated rings. The maximum absolute atomic E-state index is 5.19. The minimum atomic E-state index is 0.679. The second kappa shape index (κ2) is 5.74. The van der Waals surface area contributed by atoms with Crippen molar-refractivity contribution in [3.63, 3.8) is 0 Å². The summed E-state index contributed by atoms with van der Waals surface area (Å²) in [6.07, 6.45) is 1.75. The third-order valence-electron chi connectivity index (χ3n) is 1.99. The molecule has 0 aliphatic rings. The van der Waals surface area contributed by atoms with Crippen LogP contribution in [0, 0.1) is 0 Å². The molecule has 2 heterocycles. The van der Waals surface area contributed by atoms with E-state index in [4.69, 9.17) is 9.26 Å². The molecule has 5 nitrogen and oxygen atoms in total. The molecule has 2 aromatic rings. The van der Waals surface area contributed by atoms with E-state index in [0.29, 0.717) is 13.2 Å². The molecule has 0 atom stereocenters. The molecule has 0 amide bonds. The second-order valence-electron chi connectivity index (χ2n) is 3.19. The van der Waals surface area contributed by atoms with Gasteiger partial charge in [0.15, 0.2) is 10.8 Å². The summed E-state index contributed by atoms with van der Waals surface area (Å²) in [5, 5.41) is 9.92. The topological polar surface area (TPSA) is 60.2 Å². The van der Waals surface area contributed by atoms with Crippen LogP contribution < -0.4 is 5.32 Å². The van der Waals surface area contributed by atoms with Crippen LogP contribution in [-0.2, 0) is 11.3 Å². The number of ether oxygens (including phenoxy) is 1. The smallest absolute Gasteiger partial charge is 0.195 e. The molecule has 0 saturated heterocycles. The Balaban J connectivity index is 1.88. The SMILES string of the molecule is COCCNCc1cc(-c2nccs2)on1. The van der Waals surface area contributed by atoms with Gasteiger partial charge in [-0.05, 0) is 0 Å². The zero-order chi connectivity index (χ0) is 11.2. The van der Waals surface area contributed by atoms with Gasteiger partial charge in [-0.1, -0.05) is 5.16 Å². The van der Waals surface area contributed by atoms with Gasteiger partial charge < -0.3 is 14.6 Å². The fourth-order valence-electron chi connectivity index (χ4n) is 1.23. The lowest BCUT2D eigenvalue weighted by molar-refractivity contribution is 0.199. The average molecular weight is 239 g/mol. The first-order chi connectivity index (χ1) is 7.90. The van der Waals surface area contributed by atoms with Crippen LogP contribution in [0.5, 0.6) is 0 Å². The van der Waals surface area contributed by atoms with Gasteiger partial charge in [0.2, 0.25) is 0 Å². The van der Waals surface area contributed by atoms with E-state index in [1.807, 2.05) is 11.4 Å². The maximum Gasteiger partial charge on any atom is 0.195 e. The Morgan fingerprint density at radius 3 is 3.25 bits per heavy atom. The molecule has 0 unspecified atom stereocenters. The summed E-state index contributed by atoms with van der Waals surface area (Å²) in [7, 11) is 1.68. The molecule has 0 radical (unpaired) electrons.